The van der Waals surface area contributed by atoms with Crippen LogP contribution in [0.15, 0.2) is 18.3 Å². The lowest BCUT2D eigenvalue weighted by Gasteiger charge is -2.34. The Morgan fingerprint density at radius 3 is 3.28 bits per heavy atom. The molecule has 7 nitrogen and oxygen atoms in total. The molecule has 1 aliphatic heterocycles. The molecule has 0 spiro atoms. The number of nitrogens with zero attached hydrogens (tertiary/aromatic N) is 2. The third-order valence-electron chi connectivity index (χ3n) is 2.84. The van der Waals surface area contributed by atoms with Gasteiger partial charge in [0.1, 0.15) is 5.69 Å². The maximum Gasteiger partial charge on any atom is 0.273 e. The Labute approximate surface area is 105 Å². The third-order valence-corrected chi connectivity index (χ3v) is 2.84. The molecule has 0 radical (unpaired) electrons. The zero-order valence-electron chi connectivity index (χ0n) is 9.87. The van der Waals surface area contributed by atoms with Gasteiger partial charge in [0.15, 0.2) is 0 Å². The number of hydrazine groups is 1. The van der Waals surface area contributed by atoms with Crippen molar-refractivity contribution >= 4 is 11.6 Å². The smallest absolute Gasteiger partial charge is 0.273 e. The van der Waals surface area contributed by atoms with E-state index in [2.05, 4.69) is 10.4 Å². The first-order valence-electron chi connectivity index (χ1n) is 5.68. The second-order valence-corrected chi connectivity index (χ2v) is 3.98. The summed E-state index contributed by atoms with van der Waals surface area (Å²) in [5.74, 6) is 5.06. The number of carbonyl (C=O) groups excluding carboxylic acids is 1. The van der Waals surface area contributed by atoms with Gasteiger partial charge in [-0.05, 0) is 12.1 Å². The maximum atomic E-state index is 12.3. The Kier molecular flexibility index (Phi) is 4.08. The van der Waals surface area contributed by atoms with E-state index < -0.39 is 0 Å². The average Bonchev–Trinajstić information content (AvgIpc) is 2.46. The minimum Gasteiger partial charge on any atom is -0.394 e. The molecule has 1 fully saturated rings. The van der Waals surface area contributed by atoms with E-state index in [1.807, 2.05) is 0 Å². The van der Waals surface area contributed by atoms with Crippen molar-refractivity contribution < 1.29 is 14.6 Å². The van der Waals surface area contributed by atoms with Gasteiger partial charge in [0.05, 0.1) is 31.5 Å². The number of hydrogen-bond acceptors (Lipinski definition) is 6. The Bertz CT molecular complexity index is 427. The van der Waals surface area contributed by atoms with Crippen LogP contribution in [-0.2, 0) is 4.74 Å². The lowest BCUT2D eigenvalue weighted by Crippen LogP contribution is -2.50. The van der Waals surface area contributed by atoms with Crippen molar-refractivity contribution in [1.82, 2.24) is 9.88 Å². The van der Waals surface area contributed by atoms with Crippen molar-refractivity contribution in [2.45, 2.75) is 6.04 Å². The summed E-state index contributed by atoms with van der Waals surface area (Å²) in [6, 6.07) is 2.92. The minimum absolute atomic E-state index is 0.124. The summed E-state index contributed by atoms with van der Waals surface area (Å²) in [5.41, 5.74) is 3.38. The molecule has 2 heterocycles. The van der Waals surface area contributed by atoms with Crippen LogP contribution >= 0.6 is 0 Å². The molecule has 0 bridgehead atoms. The van der Waals surface area contributed by atoms with E-state index in [1.165, 1.54) is 6.20 Å². The molecule has 4 N–H and O–H groups in total. The molecule has 98 valence electrons. The van der Waals surface area contributed by atoms with Gasteiger partial charge >= 0.3 is 0 Å². The van der Waals surface area contributed by atoms with Crippen LogP contribution in [0.3, 0.4) is 0 Å². The molecule has 2 rings (SSSR count). The first-order chi connectivity index (χ1) is 8.76. The summed E-state index contributed by atoms with van der Waals surface area (Å²) in [6.07, 6.45) is 1.51. The highest BCUT2D eigenvalue weighted by atomic mass is 16.5. The minimum atomic E-state index is -0.317. The van der Waals surface area contributed by atoms with E-state index in [0.29, 0.717) is 31.1 Å². The van der Waals surface area contributed by atoms with Crippen molar-refractivity contribution in [1.29, 1.82) is 0 Å². The molecular formula is C11H16N4O3. The molecule has 1 aliphatic rings. The van der Waals surface area contributed by atoms with E-state index in [1.54, 1.807) is 17.0 Å². The number of rotatable bonds is 3. The molecule has 1 saturated heterocycles. The van der Waals surface area contributed by atoms with Gasteiger partial charge in [-0.15, -0.1) is 0 Å². The highest BCUT2D eigenvalue weighted by Crippen LogP contribution is 2.13. The average molecular weight is 252 g/mol. The topological polar surface area (TPSA) is 101 Å². The second-order valence-electron chi connectivity index (χ2n) is 3.98. The molecule has 1 aromatic rings. The molecule has 18 heavy (non-hydrogen) atoms. The van der Waals surface area contributed by atoms with E-state index in [4.69, 9.17) is 10.6 Å². The van der Waals surface area contributed by atoms with Crippen LogP contribution in [0.25, 0.3) is 0 Å². The lowest BCUT2D eigenvalue weighted by molar-refractivity contribution is -0.0186. The number of ether oxygens (including phenoxy) is 1. The van der Waals surface area contributed by atoms with Gasteiger partial charge in [0, 0.05) is 12.7 Å². The number of nitrogens with two attached hydrogens (primary N) is 1. The van der Waals surface area contributed by atoms with Gasteiger partial charge in [0.25, 0.3) is 5.91 Å². The van der Waals surface area contributed by atoms with Crippen molar-refractivity contribution in [3.8, 4) is 0 Å². The Morgan fingerprint density at radius 1 is 1.72 bits per heavy atom. The molecule has 7 heteroatoms. The Morgan fingerprint density at radius 2 is 2.56 bits per heavy atom. The first-order valence-corrected chi connectivity index (χ1v) is 5.68. The fourth-order valence-electron chi connectivity index (χ4n) is 1.86. The molecular weight excluding hydrogens is 236 g/mol. The Balaban J connectivity index is 2.18. The zero-order valence-corrected chi connectivity index (χ0v) is 9.87. The largest absolute Gasteiger partial charge is 0.394 e. The maximum absolute atomic E-state index is 12.3. The zero-order chi connectivity index (χ0) is 13.0. The molecule has 1 aromatic heterocycles. The fraction of sp³-hybridized carbons (Fsp3) is 0.455. The predicted molar refractivity (Wildman–Crippen MR) is 64.8 cm³/mol. The van der Waals surface area contributed by atoms with Gasteiger partial charge < -0.3 is 20.2 Å². The molecule has 1 amide bonds. The SMILES string of the molecule is NNc1ccnc(C(=O)N2CCOCC2CO)c1. The van der Waals surface area contributed by atoms with Gasteiger partial charge in [-0.25, -0.2) is 0 Å². The fourth-order valence-corrected chi connectivity index (χ4v) is 1.86. The monoisotopic (exact) mass is 252 g/mol. The number of aliphatic hydroxyl groups is 1. The van der Waals surface area contributed by atoms with Crippen molar-refractivity contribution in [2.24, 2.45) is 5.84 Å². The number of amides is 1. The van der Waals surface area contributed by atoms with Crippen LogP contribution in [-0.4, -0.2) is 53.3 Å². The highest BCUT2D eigenvalue weighted by Gasteiger charge is 2.28. The van der Waals surface area contributed by atoms with E-state index >= 15 is 0 Å². The summed E-state index contributed by atoms with van der Waals surface area (Å²) < 4.78 is 5.23. The van der Waals surface area contributed by atoms with Crippen LogP contribution in [0.2, 0.25) is 0 Å². The van der Waals surface area contributed by atoms with Crippen LogP contribution in [0.4, 0.5) is 5.69 Å². The third kappa shape index (κ3) is 2.58. The quantitative estimate of drug-likeness (QED) is 0.481. The van der Waals surface area contributed by atoms with Crippen molar-refractivity contribution in [2.75, 3.05) is 31.8 Å². The number of hydrogen-bond donors (Lipinski definition) is 3. The number of aromatic nitrogens is 1. The van der Waals surface area contributed by atoms with E-state index in [-0.39, 0.29) is 18.6 Å². The highest BCUT2D eigenvalue weighted by molar-refractivity contribution is 5.93. The molecule has 0 saturated carbocycles. The van der Waals surface area contributed by atoms with Crippen molar-refractivity contribution in [3.05, 3.63) is 24.0 Å². The number of aliphatic hydroxyl groups excluding tert-OH is 1. The van der Waals surface area contributed by atoms with Gasteiger partial charge in [-0.2, -0.15) is 0 Å². The summed E-state index contributed by atoms with van der Waals surface area (Å²) in [7, 11) is 0. The number of anilines is 1. The predicted octanol–water partition coefficient (Wildman–Crippen LogP) is -0.799. The number of carbonyl (C=O) groups is 1. The van der Waals surface area contributed by atoms with Gasteiger partial charge in [-0.1, -0.05) is 0 Å². The summed E-state index contributed by atoms with van der Waals surface area (Å²) >= 11 is 0. The number of nitrogens with one attached hydrogen (secondary N) is 1. The summed E-state index contributed by atoms with van der Waals surface area (Å²) in [6.45, 7) is 1.14. The van der Waals surface area contributed by atoms with Gasteiger partial charge in [-0.3, -0.25) is 15.6 Å². The molecule has 1 atom stereocenters. The molecule has 1 unspecified atom stereocenters. The van der Waals surface area contributed by atoms with Crippen LogP contribution in [0.5, 0.6) is 0 Å². The van der Waals surface area contributed by atoms with Gasteiger partial charge in [0.2, 0.25) is 0 Å². The number of morpholine rings is 1. The van der Waals surface area contributed by atoms with Crippen LogP contribution in [0, 0.1) is 0 Å². The Hall–Kier alpha value is -1.70. The summed E-state index contributed by atoms with van der Waals surface area (Å²) in [4.78, 5) is 17.9. The van der Waals surface area contributed by atoms with Crippen LogP contribution < -0.4 is 11.3 Å². The summed E-state index contributed by atoms with van der Waals surface area (Å²) in [5, 5.41) is 9.23. The second kappa shape index (κ2) is 5.76. The van der Waals surface area contributed by atoms with Crippen molar-refractivity contribution in [3.63, 3.8) is 0 Å². The molecule has 0 aliphatic carbocycles. The first kappa shape index (κ1) is 12.7. The molecule has 0 aromatic carbocycles. The number of nitrogen functional groups attached to an aromatic ring is 1. The number of pyridine rings is 1. The van der Waals surface area contributed by atoms with E-state index in [0.717, 1.165) is 0 Å². The lowest BCUT2D eigenvalue weighted by atomic mass is 10.2. The van der Waals surface area contributed by atoms with Crippen LogP contribution in [0.1, 0.15) is 10.5 Å². The van der Waals surface area contributed by atoms with E-state index in [9.17, 15) is 9.90 Å². The normalized spacial score (nSPS) is 19.7. The standard InChI is InChI=1S/C11H16N4O3/c12-14-8-1-2-13-10(5-8)11(17)15-3-4-18-7-9(15)6-16/h1-2,5,9,16H,3-4,6-7,12H2,(H,13,14).